The normalized spacial score (nSPS) is 12.1. The number of thiazole rings is 1. The summed E-state index contributed by atoms with van der Waals surface area (Å²) in [6.07, 6.45) is 1.51. The first-order chi connectivity index (χ1) is 8.31. The number of hydrogen-bond acceptors (Lipinski definition) is 4. The van der Waals surface area contributed by atoms with Crippen molar-refractivity contribution in [2.45, 2.75) is 6.04 Å². The minimum atomic E-state index is -0.384. The van der Waals surface area contributed by atoms with Gasteiger partial charge in [-0.2, -0.15) is 0 Å². The van der Waals surface area contributed by atoms with Crippen LogP contribution in [0.3, 0.4) is 0 Å². The predicted octanol–water partition coefficient (Wildman–Crippen LogP) is 1.61. The van der Waals surface area contributed by atoms with Gasteiger partial charge in [-0.25, -0.2) is 0 Å². The summed E-state index contributed by atoms with van der Waals surface area (Å²) in [7, 11) is 0. The molecule has 1 amide bonds. The third-order valence-electron chi connectivity index (χ3n) is 2.35. The van der Waals surface area contributed by atoms with Crippen LogP contribution in [0.2, 0.25) is 0 Å². The number of aliphatic hydroxyl groups excluding tert-OH is 1. The van der Waals surface area contributed by atoms with E-state index in [1.165, 1.54) is 17.5 Å². The minimum Gasteiger partial charge on any atom is -0.394 e. The molecule has 1 heterocycles. The van der Waals surface area contributed by atoms with Crippen LogP contribution in [0, 0.1) is 0 Å². The standard InChI is InChI=1S/C12H12N2O2S/c15-7-10(9-4-2-1-3-5-9)14-12(16)11-6-13-8-17-11/h1-6,8,10,15H,7H2,(H,14,16). The van der Waals surface area contributed by atoms with Gasteiger partial charge in [0.25, 0.3) is 5.91 Å². The zero-order valence-corrected chi connectivity index (χ0v) is 9.85. The minimum absolute atomic E-state index is 0.130. The lowest BCUT2D eigenvalue weighted by Gasteiger charge is -2.15. The molecule has 0 fully saturated rings. The van der Waals surface area contributed by atoms with Crippen molar-refractivity contribution in [3.8, 4) is 0 Å². The molecule has 1 aromatic carbocycles. The fourth-order valence-corrected chi connectivity index (χ4v) is 2.00. The molecule has 5 heteroatoms. The topological polar surface area (TPSA) is 62.2 Å². The van der Waals surface area contributed by atoms with E-state index in [0.29, 0.717) is 4.88 Å². The number of aromatic nitrogens is 1. The molecule has 2 rings (SSSR count). The van der Waals surface area contributed by atoms with Crippen molar-refractivity contribution in [2.24, 2.45) is 0 Å². The first kappa shape index (κ1) is 11.8. The molecule has 2 aromatic rings. The largest absolute Gasteiger partial charge is 0.394 e. The second kappa shape index (κ2) is 5.56. The summed E-state index contributed by atoms with van der Waals surface area (Å²) in [6.45, 7) is -0.130. The van der Waals surface area contributed by atoms with Gasteiger partial charge in [0, 0.05) is 0 Å². The second-order valence-electron chi connectivity index (χ2n) is 3.48. The Balaban J connectivity index is 2.09. The van der Waals surface area contributed by atoms with Crippen molar-refractivity contribution in [2.75, 3.05) is 6.61 Å². The monoisotopic (exact) mass is 248 g/mol. The van der Waals surface area contributed by atoms with Gasteiger partial charge in [0.05, 0.1) is 24.4 Å². The van der Waals surface area contributed by atoms with E-state index in [-0.39, 0.29) is 18.6 Å². The van der Waals surface area contributed by atoms with Crippen molar-refractivity contribution in [1.29, 1.82) is 0 Å². The van der Waals surface area contributed by atoms with Gasteiger partial charge < -0.3 is 10.4 Å². The van der Waals surface area contributed by atoms with Crippen LogP contribution in [0.4, 0.5) is 0 Å². The van der Waals surface area contributed by atoms with Gasteiger partial charge in [0.1, 0.15) is 4.88 Å². The molecule has 0 aliphatic heterocycles. The quantitative estimate of drug-likeness (QED) is 0.864. The van der Waals surface area contributed by atoms with Crippen molar-refractivity contribution in [3.05, 3.63) is 52.5 Å². The number of carbonyl (C=O) groups is 1. The first-order valence-electron chi connectivity index (χ1n) is 5.16. The van der Waals surface area contributed by atoms with Crippen LogP contribution in [-0.2, 0) is 0 Å². The Kier molecular flexibility index (Phi) is 3.85. The molecule has 0 aliphatic carbocycles. The number of nitrogens with one attached hydrogen (secondary N) is 1. The molecule has 0 radical (unpaired) electrons. The van der Waals surface area contributed by atoms with Crippen LogP contribution in [0.1, 0.15) is 21.3 Å². The average molecular weight is 248 g/mol. The lowest BCUT2D eigenvalue weighted by atomic mass is 10.1. The Morgan fingerprint density at radius 3 is 2.76 bits per heavy atom. The number of hydrogen-bond donors (Lipinski definition) is 2. The molecule has 0 bridgehead atoms. The summed E-state index contributed by atoms with van der Waals surface area (Å²) in [5.74, 6) is -0.213. The van der Waals surface area contributed by atoms with Crippen molar-refractivity contribution < 1.29 is 9.90 Å². The lowest BCUT2D eigenvalue weighted by molar-refractivity contribution is 0.0920. The fraction of sp³-hybridized carbons (Fsp3) is 0.167. The molecule has 88 valence electrons. The Bertz CT molecular complexity index is 471. The van der Waals surface area contributed by atoms with Crippen LogP contribution in [0.5, 0.6) is 0 Å². The Hall–Kier alpha value is -1.72. The Morgan fingerprint density at radius 2 is 2.18 bits per heavy atom. The van der Waals surface area contributed by atoms with Gasteiger partial charge in [0.15, 0.2) is 0 Å². The molecule has 0 saturated carbocycles. The third kappa shape index (κ3) is 2.89. The number of nitrogens with zero attached hydrogens (tertiary/aromatic N) is 1. The van der Waals surface area contributed by atoms with Crippen LogP contribution in [0.15, 0.2) is 42.0 Å². The van der Waals surface area contributed by atoms with Crippen molar-refractivity contribution in [1.82, 2.24) is 10.3 Å². The van der Waals surface area contributed by atoms with E-state index >= 15 is 0 Å². The highest BCUT2D eigenvalue weighted by Gasteiger charge is 2.15. The fourth-order valence-electron chi connectivity index (χ4n) is 1.48. The molecular weight excluding hydrogens is 236 g/mol. The van der Waals surface area contributed by atoms with Crippen LogP contribution in [-0.4, -0.2) is 22.6 Å². The van der Waals surface area contributed by atoms with E-state index in [2.05, 4.69) is 10.3 Å². The maximum atomic E-state index is 11.8. The molecule has 17 heavy (non-hydrogen) atoms. The summed E-state index contributed by atoms with van der Waals surface area (Å²) in [4.78, 5) is 16.2. The van der Waals surface area contributed by atoms with Gasteiger partial charge >= 0.3 is 0 Å². The second-order valence-corrected chi connectivity index (χ2v) is 4.37. The van der Waals surface area contributed by atoms with Gasteiger partial charge in [-0.15, -0.1) is 11.3 Å². The summed E-state index contributed by atoms with van der Waals surface area (Å²) in [6, 6.07) is 8.99. The SMILES string of the molecule is O=C(NC(CO)c1ccccc1)c1cncs1. The third-order valence-corrected chi connectivity index (χ3v) is 3.12. The zero-order chi connectivity index (χ0) is 12.1. The Labute approximate surface area is 103 Å². The molecule has 2 N–H and O–H groups in total. The number of carbonyl (C=O) groups excluding carboxylic acids is 1. The van der Waals surface area contributed by atoms with Gasteiger partial charge in [0.2, 0.25) is 0 Å². The van der Waals surface area contributed by atoms with Crippen molar-refractivity contribution >= 4 is 17.2 Å². The zero-order valence-electron chi connectivity index (χ0n) is 9.04. The number of aliphatic hydroxyl groups is 1. The maximum Gasteiger partial charge on any atom is 0.263 e. The van der Waals surface area contributed by atoms with E-state index in [1.807, 2.05) is 30.3 Å². The number of benzene rings is 1. The Morgan fingerprint density at radius 1 is 1.41 bits per heavy atom. The van der Waals surface area contributed by atoms with Crippen LogP contribution in [0.25, 0.3) is 0 Å². The van der Waals surface area contributed by atoms with E-state index in [0.717, 1.165) is 5.56 Å². The molecular formula is C12H12N2O2S. The van der Waals surface area contributed by atoms with Gasteiger partial charge in [-0.3, -0.25) is 9.78 Å². The lowest BCUT2D eigenvalue weighted by Crippen LogP contribution is -2.30. The highest BCUT2D eigenvalue weighted by molar-refractivity contribution is 7.11. The molecule has 4 nitrogen and oxygen atoms in total. The predicted molar refractivity (Wildman–Crippen MR) is 65.8 cm³/mol. The molecule has 0 aliphatic rings. The summed E-state index contributed by atoms with van der Waals surface area (Å²) in [5, 5.41) is 12.1. The first-order valence-corrected chi connectivity index (χ1v) is 6.04. The maximum absolute atomic E-state index is 11.8. The van der Waals surface area contributed by atoms with E-state index in [4.69, 9.17) is 0 Å². The summed E-state index contributed by atoms with van der Waals surface area (Å²) >= 11 is 1.27. The molecule has 1 aromatic heterocycles. The van der Waals surface area contributed by atoms with Crippen LogP contribution < -0.4 is 5.32 Å². The molecule has 0 saturated heterocycles. The van der Waals surface area contributed by atoms with E-state index in [1.54, 1.807) is 5.51 Å². The van der Waals surface area contributed by atoms with Gasteiger partial charge in [-0.1, -0.05) is 30.3 Å². The molecule has 1 unspecified atom stereocenters. The highest BCUT2D eigenvalue weighted by atomic mass is 32.1. The average Bonchev–Trinajstić information content (AvgIpc) is 2.90. The number of rotatable bonds is 4. The smallest absolute Gasteiger partial charge is 0.263 e. The number of amides is 1. The van der Waals surface area contributed by atoms with Crippen molar-refractivity contribution in [3.63, 3.8) is 0 Å². The summed E-state index contributed by atoms with van der Waals surface area (Å²) in [5.41, 5.74) is 2.48. The highest BCUT2D eigenvalue weighted by Crippen LogP contribution is 2.13. The van der Waals surface area contributed by atoms with E-state index in [9.17, 15) is 9.90 Å². The molecule has 0 spiro atoms. The van der Waals surface area contributed by atoms with Crippen LogP contribution >= 0.6 is 11.3 Å². The van der Waals surface area contributed by atoms with Gasteiger partial charge in [-0.05, 0) is 5.56 Å². The summed E-state index contributed by atoms with van der Waals surface area (Å²) < 4.78 is 0. The molecule has 1 atom stereocenters. The van der Waals surface area contributed by atoms with E-state index < -0.39 is 0 Å².